The minimum Gasteiger partial charge on any atom is -0.463 e. The highest BCUT2D eigenvalue weighted by atomic mass is 16.5. The molecule has 1 aromatic rings. The fourth-order valence-corrected chi connectivity index (χ4v) is 5.44. The molecule has 0 radical (unpaired) electrons. The number of fused-ring (bicyclic) bond motifs is 1. The zero-order chi connectivity index (χ0) is 21.5. The van der Waals surface area contributed by atoms with Gasteiger partial charge in [-0.05, 0) is 57.5 Å². The summed E-state index contributed by atoms with van der Waals surface area (Å²) in [6.07, 6.45) is 16.0. The Hall–Kier alpha value is -1.76. The first kappa shape index (κ1) is 22.4. The van der Waals surface area contributed by atoms with E-state index in [1.165, 1.54) is 77.3 Å². The lowest BCUT2D eigenvalue weighted by Gasteiger charge is -2.39. The van der Waals surface area contributed by atoms with Gasteiger partial charge in [-0.2, -0.15) is 9.97 Å². The van der Waals surface area contributed by atoms with E-state index in [0.717, 1.165) is 49.5 Å². The molecule has 4 rings (SSSR count). The number of likely N-dealkylation sites (tertiary alicyclic amines) is 1. The zero-order valence-corrected chi connectivity index (χ0v) is 19.4. The van der Waals surface area contributed by atoms with E-state index >= 15 is 0 Å². The highest BCUT2D eigenvalue weighted by molar-refractivity contribution is 5.80. The van der Waals surface area contributed by atoms with Gasteiger partial charge < -0.3 is 25.6 Å². The Morgan fingerprint density at radius 2 is 1.84 bits per heavy atom. The summed E-state index contributed by atoms with van der Waals surface area (Å²) in [5, 5.41) is 3.35. The number of nitrogens with one attached hydrogen (secondary N) is 1. The van der Waals surface area contributed by atoms with Gasteiger partial charge in [0.15, 0.2) is 11.6 Å². The van der Waals surface area contributed by atoms with Crippen molar-refractivity contribution in [3.63, 3.8) is 0 Å². The third-order valence-corrected chi connectivity index (χ3v) is 7.40. The first-order valence-corrected chi connectivity index (χ1v) is 12.8. The molecule has 7 heteroatoms. The summed E-state index contributed by atoms with van der Waals surface area (Å²) in [5.41, 5.74) is 6.99. The highest BCUT2D eigenvalue weighted by Gasteiger charge is 2.27. The van der Waals surface area contributed by atoms with Crippen LogP contribution >= 0.6 is 0 Å². The Morgan fingerprint density at radius 1 is 1.03 bits per heavy atom. The smallest absolute Gasteiger partial charge is 0.320 e. The van der Waals surface area contributed by atoms with Crippen molar-refractivity contribution in [3.05, 3.63) is 0 Å². The average molecular weight is 431 g/mol. The van der Waals surface area contributed by atoms with Gasteiger partial charge in [-0.1, -0.05) is 45.4 Å². The first-order valence-electron chi connectivity index (χ1n) is 12.8. The van der Waals surface area contributed by atoms with Gasteiger partial charge in [0, 0.05) is 12.6 Å². The van der Waals surface area contributed by atoms with Crippen LogP contribution in [0, 0.1) is 5.92 Å². The van der Waals surface area contributed by atoms with Gasteiger partial charge in [0.2, 0.25) is 0 Å². The molecule has 3 aliphatic rings. The van der Waals surface area contributed by atoms with Gasteiger partial charge in [0.05, 0.1) is 13.3 Å². The van der Waals surface area contributed by atoms with Crippen LogP contribution in [-0.4, -0.2) is 53.8 Å². The standard InChI is InChI=1S/C24H42N6O/c1-2-3-17-31-24-27-22(25)21-23(28-24)30(18-26-21)14-8-7-9-19-12-15-29(16-13-19)20-10-5-4-6-11-20/h19-20,26H,2-18H2,1H3,(H2,25,27,28). The van der Waals surface area contributed by atoms with Crippen molar-refractivity contribution < 1.29 is 4.74 Å². The minimum absolute atomic E-state index is 0.406. The molecular formula is C24H42N6O. The van der Waals surface area contributed by atoms with Crippen LogP contribution in [0.4, 0.5) is 17.3 Å². The summed E-state index contributed by atoms with van der Waals surface area (Å²) in [6.45, 7) is 7.21. The van der Waals surface area contributed by atoms with Crippen LogP contribution in [-0.2, 0) is 0 Å². The highest BCUT2D eigenvalue weighted by Crippen LogP contribution is 2.35. The molecule has 0 bridgehead atoms. The molecule has 7 nitrogen and oxygen atoms in total. The number of hydrogen-bond donors (Lipinski definition) is 2. The molecule has 1 saturated heterocycles. The molecular weight excluding hydrogens is 388 g/mol. The van der Waals surface area contributed by atoms with E-state index < -0.39 is 0 Å². The second-order valence-electron chi connectivity index (χ2n) is 9.66. The molecule has 3 heterocycles. The lowest BCUT2D eigenvalue weighted by molar-refractivity contribution is 0.104. The number of unbranched alkanes of at least 4 members (excludes halogenated alkanes) is 2. The lowest BCUT2D eigenvalue weighted by Crippen LogP contribution is -2.42. The molecule has 3 N–H and O–H groups in total. The van der Waals surface area contributed by atoms with Crippen molar-refractivity contribution >= 4 is 17.3 Å². The minimum atomic E-state index is 0.406. The van der Waals surface area contributed by atoms with Crippen LogP contribution in [0.15, 0.2) is 0 Å². The van der Waals surface area contributed by atoms with Crippen LogP contribution in [0.25, 0.3) is 0 Å². The number of rotatable bonds is 10. The Bertz CT molecular complexity index is 685. The Morgan fingerprint density at radius 3 is 2.61 bits per heavy atom. The van der Waals surface area contributed by atoms with Gasteiger partial charge in [0.1, 0.15) is 5.69 Å². The van der Waals surface area contributed by atoms with Gasteiger partial charge in [0.25, 0.3) is 0 Å². The van der Waals surface area contributed by atoms with Gasteiger partial charge in [-0.3, -0.25) is 0 Å². The van der Waals surface area contributed by atoms with E-state index in [4.69, 9.17) is 10.5 Å². The van der Waals surface area contributed by atoms with Crippen molar-refractivity contribution in [2.45, 2.75) is 90.0 Å². The van der Waals surface area contributed by atoms with Gasteiger partial charge >= 0.3 is 6.01 Å². The van der Waals surface area contributed by atoms with E-state index in [9.17, 15) is 0 Å². The van der Waals surface area contributed by atoms with Crippen molar-refractivity contribution in [2.75, 3.05) is 48.9 Å². The van der Waals surface area contributed by atoms with E-state index in [2.05, 4.69) is 32.0 Å². The van der Waals surface area contributed by atoms with Crippen LogP contribution in [0.1, 0.15) is 84.0 Å². The molecule has 0 atom stereocenters. The number of nitrogen functional groups attached to an aromatic ring is 1. The first-order chi connectivity index (χ1) is 15.2. The quantitative estimate of drug-likeness (QED) is 0.523. The second kappa shape index (κ2) is 11.2. The number of anilines is 3. The van der Waals surface area contributed by atoms with E-state index in [0.29, 0.717) is 18.4 Å². The van der Waals surface area contributed by atoms with Crippen molar-refractivity contribution in [1.29, 1.82) is 0 Å². The summed E-state index contributed by atoms with van der Waals surface area (Å²) < 4.78 is 5.70. The summed E-state index contributed by atoms with van der Waals surface area (Å²) in [7, 11) is 0. The van der Waals surface area contributed by atoms with E-state index in [-0.39, 0.29) is 0 Å². The Balaban J connectivity index is 1.17. The maximum absolute atomic E-state index is 6.13. The molecule has 174 valence electrons. The number of nitrogens with zero attached hydrogens (tertiary/aromatic N) is 4. The normalized spacial score (nSPS) is 20.6. The monoisotopic (exact) mass is 430 g/mol. The molecule has 0 aromatic carbocycles. The summed E-state index contributed by atoms with van der Waals surface area (Å²) in [5.74, 6) is 2.31. The van der Waals surface area contributed by atoms with Crippen LogP contribution in [0.2, 0.25) is 0 Å². The topological polar surface area (TPSA) is 79.5 Å². The van der Waals surface area contributed by atoms with Crippen molar-refractivity contribution in [2.24, 2.45) is 5.92 Å². The summed E-state index contributed by atoms with van der Waals surface area (Å²) >= 11 is 0. The fraction of sp³-hybridized carbons (Fsp3) is 0.833. The molecule has 1 saturated carbocycles. The van der Waals surface area contributed by atoms with Gasteiger partial charge in [-0.15, -0.1) is 0 Å². The van der Waals surface area contributed by atoms with Crippen molar-refractivity contribution in [1.82, 2.24) is 14.9 Å². The number of piperidine rings is 1. The zero-order valence-electron chi connectivity index (χ0n) is 19.4. The van der Waals surface area contributed by atoms with E-state index in [1.54, 1.807) is 0 Å². The predicted molar refractivity (Wildman–Crippen MR) is 128 cm³/mol. The molecule has 0 amide bonds. The maximum Gasteiger partial charge on any atom is 0.320 e. The molecule has 1 aromatic heterocycles. The summed E-state index contributed by atoms with van der Waals surface area (Å²) in [4.78, 5) is 14.0. The number of nitrogens with two attached hydrogens (primary N) is 1. The Labute approximate surface area is 188 Å². The third kappa shape index (κ3) is 5.93. The van der Waals surface area contributed by atoms with E-state index in [1.807, 2.05) is 0 Å². The van der Waals surface area contributed by atoms with Gasteiger partial charge in [-0.25, -0.2) is 0 Å². The largest absolute Gasteiger partial charge is 0.463 e. The van der Waals surface area contributed by atoms with Crippen LogP contribution in [0.3, 0.4) is 0 Å². The number of aromatic nitrogens is 2. The molecule has 2 fully saturated rings. The molecule has 2 aliphatic heterocycles. The molecule has 1 aliphatic carbocycles. The molecule has 31 heavy (non-hydrogen) atoms. The number of hydrogen-bond acceptors (Lipinski definition) is 7. The predicted octanol–water partition coefficient (Wildman–Crippen LogP) is 4.64. The molecule has 0 unspecified atom stereocenters. The maximum atomic E-state index is 6.13. The average Bonchev–Trinajstić information content (AvgIpc) is 3.21. The fourth-order valence-electron chi connectivity index (χ4n) is 5.44. The van der Waals surface area contributed by atoms with Crippen LogP contribution in [0.5, 0.6) is 6.01 Å². The van der Waals surface area contributed by atoms with Crippen molar-refractivity contribution in [3.8, 4) is 6.01 Å². The summed E-state index contributed by atoms with van der Waals surface area (Å²) in [6, 6.07) is 1.30. The second-order valence-corrected chi connectivity index (χ2v) is 9.66. The van der Waals surface area contributed by atoms with Crippen LogP contribution < -0.4 is 20.7 Å². The lowest BCUT2D eigenvalue weighted by atomic mass is 9.88. The Kier molecular flexibility index (Phi) is 8.11. The third-order valence-electron chi connectivity index (χ3n) is 7.40. The number of ether oxygens (including phenoxy) is 1. The molecule has 0 spiro atoms. The SMILES string of the molecule is CCCCOc1nc(N)c2c(n1)N(CCCCC1CCN(C3CCCCC3)CC1)CN2.